The summed E-state index contributed by atoms with van der Waals surface area (Å²) in [6.07, 6.45) is 9.88. The highest BCUT2D eigenvalue weighted by molar-refractivity contribution is 7.08. The maximum absolute atomic E-state index is 4.93. The maximum Gasteiger partial charge on any atom is 0.139 e. The van der Waals surface area contributed by atoms with Crippen molar-refractivity contribution in [3.63, 3.8) is 0 Å². The molecule has 3 nitrogen and oxygen atoms in total. The highest BCUT2D eigenvalue weighted by Gasteiger charge is 2.22. The summed E-state index contributed by atoms with van der Waals surface area (Å²) in [6, 6.07) is 6.45. The Morgan fingerprint density at radius 3 is 2.69 bits per heavy atom. The second kappa shape index (κ2) is 8.26. The number of imidazole rings is 1. The molecule has 0 amide bonds. The second-order valence-corrected chi connectivity index (χ2v) is 8.71. The molecular formula is C22H31N3S. The number of nitrogens with one attached hydrogen (secondary N) is 1. The van der Waals surface area contributed by atoms with Crippen molar-refractivity contribution >= 4 is 22.8 Å². The van der Waals surface area contributed by atoms with Gasteiger partial charge >= 0.3 is 0 Å². The predicted octanol–water partition coefficient (Wildman–Crippen LogP) is 6.92. The summed E-state index contributed by atoms with van der Waals surface area (Å²) in [6.45, 7) is 8.99. The molecule has 0 saturated heterocycles. The highest BCUT2D eigenvalue weighted by atomic mass is 32.1. The molecule has 0 fully saturated rings. The minimum atomic E-state index is 0.0395. The van der Waals surface area contributed by atoms with Crippen molar-refractivity contribution in [1.82, 2.24) is 9.38 Å². The number of unbranched alkanes of at least 4 members (excludes halogenated alkanes) is 4. The van der Waals surface area contributed by atoms with Crippen LogP contribution in [-0.2, 0) is 0 Å². The van der Waals surface area contributed by atoms with Crippen molar-refractivity contribution in [3.8, 4) is 11.3 Å². The Morgan fingerprint density at radius 1 is 1.15 bits per heavy atom. The molecule has 0 atom stereocenters. The van der Waals surface area contributed by atoms with Crippen molar-refractivity contribution in [3.05, 3.63) is 40.7 Å². The molecule has 1 N–H and O–H groups in total. The molecular weight excluding hydrogens is 338 g/mol. The zero-order valence-electron chi connectivity index (χ0n) is 16.5. The van der Waals surface area contributed by atoms with Crippen LogP contribution in [0.25, 0.3) is 16.9 Å². The van der Waals surface area contributed by atoms with Gasteiger partial charge in [-0.05, 0) is 56.3 Å². The van der Waals surface area contributed by atoms with Crippen LogP contribution in [-0.4, -0.2) is 14.9 Å². The Labute approximate surface area is 161 Å². The normalized spacial score (nSPS) is 12.0. The van der Waals surface area contributed by atoms with E-state index in [2.05, 4.69) is 72.6 Å². The molecule has 4 heteroatoms. The molecule has 26 heavy (non-hydrogen) atoms. The summed E-state index contributed by atoms with van der Waals surface area (Å²) < 4.78 is 2.19. The smallest absolute Gasteiger partial charge is 0.139 e. The molecule has 0 unspecified atom stereocenters. The summed E-state index contributed by atoms with van der Waals surface area (Å²) in [5.41, 5.74) is 4.53. The third-order valence-electron chi connectivity index (χ3n) is 4.94. The molecule has 3 aromatic heterocycles. The lowest BCUT2D eigenvalue weighted by molar-refractivity contribution is 0.473. The van der Waals surface area contributed by atoms with E-state index in [-0.39, 0.29) is 5.54 Å². The first kappa shape index (κ1) is 19.0. The van der Waals surface area contributed by atoms with Crippen LogP contribution in [0.1, 0.15) is 64.9 Å². The Balaban J connectivity index is 1.84. The molecule has 0 aliphatic rings. The van der Waals surface area contributed by atoms with Crippen LogP contribution in [0, 0.1) is 6.92 Å². The molecule has 0 aliphatic carbocycles. The summed E-state index contributed by atoms with van der Waals surface area (Å²) >= 11 is 1.72. The number of nitrogens with zero attached hydrogens (tertiary/aromatic N) is 2. The van der Waals surface area contributed by atoms with Crippen molar-refractivity contribution < 1.29 is 0 Å². The molecule has 0 spiro atoms. The van der Waals surface area contributed by atoms with Crippen LogP contribution >= 0.6 is 11.3 Å². The first-order valence-corrected chi connectivity index (χ1v) is 10.7. The van der Waals surface area contributed by atoms with Crippen LogP contribution in [0.3, 0.4) is 0 Å². The molecule has 3 aromatic rings. The third kappa shape index (κ3) is 4.47. The Hall–Kier alpha value is -1.81. The van der Waals surface area contributed by atoms with Crippen molar-refractivity contribution in [2.45, 2.75) is 71.8 Å². The lowest BCUT2D eigenvalue weighted by Crippen LogP contribution is -2.31. The lowest BCUT2D eigenvalue weighted by atomic mass is 9.96. The van der Waals surface area contributed by atoms with Gasteiger partial charge in [-0.1, -0.05) is 39.0 Å². The Kier molecular flexibility index (Phi) is 6.02. The largest absolute Gasteiger partial charge is 0.364 e. The highest BCUT2D eigenvalue weighted by Crippen LogP contribution is 2.33. The Bertz CT molecular complexity index is 831. The summed E-state index contributed by atoms with van der Waals surface area (Å²) in [4.78, 5) is 4.93. The van der Waals surface area contributed by atoms with Crippen molar-refractivity contribution in [1.29, 1.82) is 0 Å². The van der Waals surface area contributed by atoms with Gasteiger partial charge in [0.05, 0.1) is 0 Å². The van der Waals surface area contributed by atoms with E-state index < -0.39 is 0 Å². The molecule has 3 heterocycles. The fraction of sp³-hybridized carbons (Fsp3) is 0.500. The average Bonchev–Trinajstić information content (AvgIpc) is 3.22. The number of aryl methyl sites for hydroxylation is 1. The SMILES string of the molecule is CCCCCCCC(C)(C)Nc1c(-c2ccsc2)nc2cc(C)ccn12. The fourth-order valence-electron chi connectivity index (χ4n) is 3.42. The summed E-state index contributed by atoms with van der Waals surface area (Å²) in [5.74, 6) is 1.11. The van der Waals surface area contributed by atoms with E-state index in [9.17, 15) is 0 Å². The molecule has 0 aromatic carbocycles. The molecule has 140 valence electrons. The molecule has 0 aliphatic heterocycles. The van der Waals surface area contributed by atoms with Crippen molar-refractivity contribution in [2.24, 2.45) is 0 Å². The monoisotopic (exact) mass is 369 g/mol. The van der Waals surface area contributed by atoms with Gasteiger partial charge < -0.3 is 5.32 Å². The maximum atomic E-state index is 4.93. The van der Waals surface area contributed by atoms with Crippen LogP contribution in [0.5, 0.6) is 0 Å². The minimum Gasteiger partial charge on any atom is -0.364 e. The van der Waals surface area contributed by atoms with E-state index in [1.54, 1.807) is 11.3 Å². The van der Waals surface area contributed by atoms with E-state index in [1.807, 2.05) is 0 Å². The Morgan fingerprint density at radius 2 is 1.96 bits per heavy atom. The number of aromatic nitrogens is 2. The molecule has 0 saturated carbocycles. The number of hydrogen-bond donors (Lipinski definition) is 1. The standard InChI is InChI=1S/C22H31N3S/c1-5-6-7-8-9-12-22(3,4)24-21-20(18-11-14-26-16-18)23-19-15-17(2)10-13-25(19)21/h10-11,13-16,24H,5-9,12H2,1-4H3. The number of pyridine rings is 1. The zero-order chi connectivity index (χ0) is 18.6. The van der Waals surface area contributed by atoms with Crippen LogP contribution in [0.15, 0.2) is 35.2 Å². The topological polar surface area (TPSA) is 29.3 Å². The third-order valence-corrected chi connectivity index (χ3v) is 5.62. The van der Waals surface area contributed by atoms with Gasteiger partial charge in [0.25, 0.3) is 0 Å². The first-order chi connectivity index (χ1) is 12.5. The lowest BCUT2D eigenvalue weighted by Gasteiger charge is -2.28. The number of thiophene rings is 1. The predicted molar refractivity (Wildman–Crippen MR) is 114 cm³/mol. The van der Waals surface area contributed by atoms with Gasteiger partial charge in [-0.25, -0.2) is 4.98 Å². The quantitative estimate of drug-likeness (QED) is 0.415. The van der Waals surface area contributed by atoms with Gasteiger partial charge in [-0.3, -0.25) is 4.40 Å². The van der Waals surface area contributed by atoms with Gasteiger partial charge in [0, 0.05) is 22.7 Å². The van der Waals surface area contributed by atoms with Gasteiger partial charge in [-0.15, -0.1) is 0 Å². The first-order valence-electron chi connectivity index (χ1n) is 9.79. The summed E-state index contributed by atoms with van der Waals surface area (Å²) in [7, 11) is 0. The van der Waals surface area contributed by atoms with E-state index in [0.717, 1.165) is 17.2 Å². The van der Waals surface area contributed by atoms with Gasteiger partial charge in [0.15, 0.2) is 0 Å². The van der Waals surface area contributed by atoms with Crippen LogP contribution in [0.4, 0.5) is 5.82 Å². The van der Waals surface area contributed by atoms with E-state index >= 15 is 0 Å². The molecule has 3 rings (SSSR count). The van der Waals surface area contributed by atoms with E-state index in [4.69, 9.17) is 4.98 Å². The van der Waals surface area contributed by atoms with Crippen LogP contribution in [0.2, 0.25) is 0 Å². The molecule has 0 bridgehead atoms. The number of hydrogen-bond acceptors (Lipinski definition) is 3. The second-order valence-electron chi connectivity index (χ2n) is 7.93. The van der Waals surface area contributed by atoms with Crippen LogP contribution < -0.4 is 5.32 Å². The fourth-order valence-corrected chi connectivity index (χ4v) is 4.06. The molecule has 0 radical (unpaired) electrons. The van der Waals surface area contributed by atoms with E-state index in [0.29, 0.717) is 0 Å². The number of fused-ring (bicyclic) bond motifs is 1. The van der Waals surface area contributed by atoms with Crippen molar-refractivity contribution in [2.75, 3.05) is 5.32 Å². The van der Waals surface area contributed by atoms with Gasteiger partial charge in [-0.2, -0.15) is 11.3 Å². The van der Waals surface area contributed by atoms with Gasteiger partial charge in [0.2, 0.25) is 0 Å². The van der Waals surface area contributed by atoms with Gasteiger partial charge in [0.1, 0.15) is 17.2 Å². The average molecular weight is 370 g/mol. The van der Waals surface area contributed by atoms with E-state index in [1.165, 1.54) is 49.7 Å². The summed E-state index contributed by atoms with van der Waals surface area (Å²) in [5, 5.41) is 8.11. The number of anilines is 1. The minimum absolute atomic E-state index is 0.0395. The number of rotatable bonds is 9. The zero-order valence-corrected chi connectivity index (χ0v) is 17.3.